The van der Waals surface area contributed by atoms with Crippen molar-refractivity contribution in [1.29, 1.82) is 0 Å². The number of halogens is 1. The van der Waals surface area contributed by atoms with Crippen molar-refractivity contribution in [2.75, 3.05) is 0 Å². The molecule has 3 atom stereocenters. The lowest BCUT2D eigenvalue weighted by Gasteiger charge is -2.43. The zero-order valence-electron chi connectivity index (χ0n) is 23.9. The van der Waals surface area contributed by atoms with E-state index in [1.54, 1.807) is 12.1 Å². The van der Waals surface area contributed by atoms with Crippen LogP contribution in [-0.4, -0.2) is 43.5 Å². The lowest BCUT2D eigenvalue weighted by Crippen LogP contribution is -2.54. The first-order chi connectivity index (χ1) is 17.5. The van der Waals surface area contributed by atoms with Crippen LogP contribution in [0.5, 0.6) is 0 Å². The van der Waals surface area contributed by atoms with Crippen LogP contribution in [0, 0.1) is 11.3 Å². The van der Waals surface area contributed by atoms with Crippen LogP contribution in [0.4, 0.5) is 4.79 Å². The minimum Gasteiger partial charge on any atom is -0.479 e. The van der Waals surface area contributed by atoms with Gasteiger partial charge < -0.3 is 19.6 Å². The fourth-order valence-electron chi connectivity index (χ4n) is 4.75. The van der Waals surface area contributed by atoms with Gasteiger partial charge in [0.25, 0.3) is 0 Å². The van der Waals surface area contributed by atoms with Crippen LogP contribution in [0.15, 0.2) is 54.6 Å². The second-order valence-corrected chi connectivity index (χ2v) is 14.7. The Hall–Kier alpha value is -2.35. The van der Waals surface area contributed by atoms with Gasteiger partial charge in [-0.25, -0.2) is 9.59 Å². The number of carboxylic acids is 1. The first-order valence-corrected chi connectivity index (χ1v) is 15.8. The molecule has 38 heavy (non-hydrogen) atoms. The normalized spacial score (nSPS) is 15.4. The summed E-state index contributed by atoms with van der Waals surface area (Å²) in [6.07, 6.45) is 0.350. The number of hydrogen-bond donors (Lipinski definition) is 2. The van der Waals surface area contributed by atoms with Gasteiger partial charge in [0, 0.05) is 17.5 Å². The Balaban J connectivity index is 2.58. The number of aliphatic carboxylic acids is 1. The van der Waals surface area contributed by atoms with Crippen molar-refractivity contribution in [2.45, 2.75) is 91.1 Å². The van der Waals surface area contributed by atoms with Crippen molar-refractivity contribution in [3.05, 3.63) is 70.7 Å². The summed E-state index contributed by atoms with van der Waals surface area (Å²) >= 11 is 6.24. The average Bonchev–Trinajstić information content (AvgIpc) is 2.75. The zero-order valence-corrected chi connectivity index (χ0v) is 25.7. The molecule has 2 N–H and O–H groups in total. The van der Waals surface area contributed by atoms with Gasteiger partial charge >= 0.3 is 12.1 Å². The maximum atomic E-state index is 13.0. The number of ether oxygens (including phenoxy) is 1. The van der Waals surface area contributed by atoms with Crippen molar-refractivity contribution < 1.29 is 23.9 Å². The molecule has 0 saturated heterocycles. The van der Waals surface area contributed by atoms with Crippen LogP contribution in [0.1, 0.15) is 59.1 Å². The third-order valence-corrected chi connectivity index (χ3v) is 7.35. The second-order valence-electron chi connectivity index (χ2n) is 12.2. The van der Waals surface area contributed by atoms with Crippen molar-refractivity contribution >= 4 is 32.7 Å². The van der Waals surface area contributed by atoms with Gasteiger partial charge in [0.05, 0.1) is 0 Å². The minimum atomic E-state index is -1.50. The van der Waals surface area contributed by atoms with Gasteiger partial charge in [-0.2, -0.15) is 0 Å². The molecule has 0 heterocycles. The molecule has 0 aliphatic carbocycles. The number of hydrogen-bond acceptors (Lipinski definition) is 4. The van der Waals surface area contributed by atoms with Crippen LogP contribution < -0.4 is 5.32 Å². The molecule has 8 heteroatoms. The van der Waals surface area contributed by atoms with Crippen LogP contribution in [0.3, 0.4) is 0 Å². The molecule has 2 aromatic rings. The smallest absolute Gasteiger partial charge is 0.407 e. The highest BCUT2D eigenvalue weighted by atomic mass is 35.5. The largest absolute Gasteiger partial charge is 0.479 e. The van der Waals surface area contributed by atoms with Crippen LogP contribution in [0.25, 0.3) is 0 Å². The van der Waals surface area contributed by atoms with E-state index in [1.807, 2.05) is 76.3 Å². The van der Waals surface area contributed by atoms with Crippen molar-refractivity contribution in [3.63, 3.8) is 0 Å². The number of rotatable bonds is 11. The number of nitrogens with one attached hydrogen (secondary N) is 1. The summed E-state index contributed by atoms with van der Waals surface area (Å²) in [4.78, 5) is 26.1. The van der Waals surface area contributed by atoms with E-state index in [1.165, 1.54) is 0 Å². The third-order valence-electron chi connectivity index (χ3n) is 6.32. The van der Waals surface area contributed by atoms with Gasteiger partial charge in [-0.1, -0.05) is 74.8 Å². The van der Waals surface area contributed by atoms with Gasteiger partial charge in [0.1, 0.15) is 5.60 Å². The Kier molecular flexibility index (Phi) is 11.0. The molecule has 0 aliphatic rings. The van der Waals surface area contributed by atoms with Gasteiger partial charge in [-0.3, -0.25) is 0 Å². The number of benzene rings is 2. The van der Waals surface area contributed by atoms with Crippen LogP contribution in [-0.2, 0) is 26.8 Å². The molecule has 0 aromatic heterocycles. The SMILES string of the molecule is C[Si](C)OC(Cc1cccc(Cl)c1)(C[C@H]([C@H](Cc1ccccc1)NC(=O)OC(C)(C)C)C(C)(C)C)C(=O)O. The summed E-state index contributed by atoms with van der Waals surface area (Å²) in [5, 5.41) is 14.3. The number of carbonyl (C=O) groups excluding carboxylic acids is 1. The highest BCUT2D eigenvalue weighted by molar-refractivity contribution is 6.48. The summed E-state index contributed by atoms with van der Waals surface area (Å²) in [6, 6.07) is 16.7. The van der Waals surface area contributed by atoms with Gasteiger partial charge in [-0.15, -0.1) is 0 Å². The summed E-state index contributed by atoms with van der Waals surface area (Å²) in [5.74, 6) is -1.29. The van der Waals surface area contributed by atoms with Crippen molar-refractivity contribution in [1.82, 2.24) is 5.32 Å². The van der Waals surface area contributed by atoms with E-state index in [2.05, 4.69) is 26.1 Å². The quantitative estimate of drug-likeness (QED) is 0.285. The molecule has 209 valence electrons. The molecule has 0 bridgehead atoms. The predicted octanol–water partition coefficient (Wildman–Crippen LogP) is 7.16. The first kappa shape index (κ1) is 31.9. The third kappa shape index (κ3) is 10.1. The van der Waals surface area contributed by atoms with Crippen molar-refractivity contribution in [2.24, 2.45) is 11.3 Å². The van der Waals surface area contributed by atoms with Gasteiger partial charge in [-0.05, 0) is 81.3 Å². The van der Waals surface area contributed by atoms with Crippen molar-refractivity contribution in [3.8, 4) is 0 Å². The summed E-state index contributed by atoms with van der Waals surface area (Å²) < 4.78 is 12.0. The van der Waals surface area contributed by atoms with E-state index < -0.39 is 38.3 Å². The Morgan fingerprint density at radius 1 is 0.974 bits per heavy atom. The molecule has 6 nitrogen and oxygen atoms in total. The van der Waals surface area contributed by atoms with E-state index in [0.29, 0.717) is 11.4 Å². The number of alkyl carbamates (subject to hydrolysis) is 1. The maximum absolute atomic E-state index is 13.0. The minimum absolute atomic E-state index is 0.163. The first-order valence-electron chi connectivity index (χ1n) is 13.0. The average molecular weight is 561 g/mol. The van der Waals surface area contributed by atoms with E-state index in [0.717, 1.165) is 11.1 Å². The standard InChI is InChI=1S/C30H43ClNO5Si/c1-28(2,3)24(25(18-21-13-10-9-11-14-21)32-27(35)36-29(4,5)6)20-30(26(33)34,37-38(7)8)19-22-15-12-16-23(31)17-22/h9-17,24-25H,18-20H2,1-8H3,(H,32,35)(H,33,34)/t24-,25+,30?/m1/s1. The van der Waals surface area contributed by atoms with E-state index >= 15 is 0 Å². The molecule has 2 aromatic carbocycles. The summed E-state index contributed by atoms with van der Waals surface area (Å²) in [7, 11) is -1.41. The monoisotopic (exact) mass is 560 g/mol. The lowest BCUT2D eigenvalue weighted by atomic mass is 9.68. The Morgan fingerprint density at radius 3 is 2.08 bits per heavy atom. The summed E-state index contributed by atoms with van der Waals surface area (Å²) in [6.45, 7) is 15.5. The van der Waals surface area contributed by atoms with Crippen LogP contribution >= 0.6 is 11.6 Å². The summed E-state index contributed by atoms with van der Waals surface area (Å²) in [5.41, 5.74) is -0.710. The Labute approximate surface area is 234 Å². The van der Waals surface area contributed by atoms with Gasteiger partial charge in [0.15, 0.2) is 5.60 Å². The molecule has 0 saturated carbocycles. The highest BCUT2D eigenvalue weighted by Crippen LogP contribution is 2.40. The number of carboxylic acid groups (broad SMARTS) is 1. The van der Waals surface area contributed by atoms with E-state index in [4.69, 9.17) is 20.8 Å². The Bertz CT molecular complexity index is 1060. The molecular weight excluding hydrogens is 518 g/mol. The van der Waals surface area contributed by atoms with E-state index in [9.17, 15) is 14.7 Å². The molecule has 1 amide bonds. The number of amides is 1. The molecule has 2 rings (SSSR count). The topological polar surface area (TPSA) is 84.9 Å². The zero-order chi connectivity index (χ0) is 28.7. The van der Waals surface area contributed by atoms with Gasteiger partial charge in [0.2, 0.25) is 9.04 Å². The van der Waals surface area contributed by atoms with Crippen LogP contribution in [0.2, 0.25) is 18.1 Å². The Morgan fingerprint density at radius 2 is 1.58 bits per heavy atom. The molecular formula is C30H43ClNO5Si. The second kappa shape index (κ2) is 13.1. The predicted molar refractivity (Wildman–Crippen MR) is 155 cm³/mol. The molecule has 1 unspecified atom stereocenters. The maximum Gasteiger partial charge on any atom is 0.407 e. The fourth-order valence-corrected chi connectivity index (χ4v) is 5.99. The van der Waals surface area contributed by atoms with E-state index in [-0.39, 0.29) is 24.2 Å². The number of carbonyl (C=O) groups is 2. The molecule has 0 spiro atoms. The lowest BCUT2D eigenvalue weighted by molar-refractivity contribution is -0.158. The molecule has 1 radical (unpaired) electrons. The molecule has 0 aliphatic heterocycles. The highest BCUT2D eigenvalue weighted by Gasteiger charge is 2.47. The fraction of sp³-hybridized carbons (Fsp3) is 0.533. The molecule has 0 fully saturated rings.